The molecule has 1 N–H and O–H groups in total. The van der Waals surface area contributed by atoms with Crippen LogP contribution in [-0.4, -0.2) is 14.3 Å². The first kappa shape index (κ1) is 12.6. The van der Waals surface area contributed by atoms with Gasteiger partial charge in [-0.25, -0.2) is 13.1 Å². The fourth-order valence-corrected chi connectivity index (χ4v) is 3.90. The van der Waals surface area contributed by atoms with Crippen molar-refractivity contribution in [1.82, 2.24) is 4.72 Å². The summed E-state index contributed by atoms with van der Waals surface area (Å²) in [5, 5.41) is 1.67. The Morgan fingerprint density at radius 3 is 2.71 bits per heavy atom. The molecule has 0 saturated heterocycles. The van der Waals surface area contributed by atoms with Gasteiger partial charge in [-0.1, -0.05) is 19.4 Å². The summed E-state index contributed by atoms with van der Waals surface area (Å²) in [4.78, 5) is 11.8. The van der Waals surface area contributed by atoms with E-state index in [4.69, 9.17) is 0 Å². The molecular weight excluding hydrogens is 258 g/mol. The molecule has 1 saturated carbocycles. The van der Waals surface area contributed by atoms with Crippen molar-refractivity contribution in [3.8, 4) is 0 Å². The molecular formula is C11H15NO3S2. The van der Waals surface area contributed by atoms with Gasteiger partial charge in [0.2, 0.25) is 5.91 Å². The number of carbonyl (C=O) groups is 1. The number of rotatable bonds is 4. The van der Waals surface area contributed by atoms with E-state index >= 15 is 0 Å². The van der Waals surface area contributed by atoms with E-state index in [1.807, 2.05) is 0 Å². The molecule has 2 rings (SSSR count). The first-order valence-electron chi connectivity index (χ1n) is 5.61. The van der Waals surface area contributed by atoms with Crippen molar-refractivity contribution in [3.63, 3.8) is 0 Å². The van der Waals surface area contributed by atoms with Crippen LogP contribution < -0.4 is 4.72 Å². The van der Waals surface area contributed by atoms with Gasteiger partial charge in [0, 0.05) is 5.92 Å². The second kappa shape index (κ2) is 4.78. The summed E-state index contributed by atoms with van der Waals surface area (Å²) in [7, 11) is -3.66. The summed E-state index contributed by atoms with van der Waals surface area (Å²) >= 11 is 1.11. The largest absolute Gasteiger partial charge is 0.274 e. The highest BCUT2D eigenvalue weighted by Crippen LogP contribution is 2.33. The van der Waals surface area contributed by atoms with E-state index in [-0.39, 0.29) is 16.0 Å². The Morgan fingerprint density at radius 2 is 2.24 bits per heavy atom. The zero-order valence-corrected chi connectivity index (χ0v) is 11.2. The Hall–Kier alpha value is -0.880. The molecule has 0 radical (unpaired) electrons. The Kier molecular flexibility index (Phi) is 3.53. The predicted molar refractivity (Wildman–Crippen MR) is 66.2 cm³/mol. The molecule has 6 heteroatoms. The second-order valence-electron chi connectivity index (χ2n) is 4.38. The smallest absolute Gasteiger partial charge is 0.273 e. The Balaban J connectivity index is 2.03. The van der Waals surface area contributed by atoms with Gasteiger partial charge in [-0.15, -0.1) is 11.3 Å². The van der Waals surface area contributed by atoms with E-state index in [0.717, 1.165) is 30.6 Å². The van der Waals surface area contributed by atoms with Crippen LogP contribution in [0.5, 0.6) is 0 Å². The molecule has 1 fully saturated rings. The van der Waals surface area contributed by atoms with Crippen molar-refractivity contribution < 1.29 is 13.2 Å². The van der Waals surface area contributed by atoms with Gasteiger partial charge in [0.1, 0.15) is 4.21 Å². The highest BCUT2D eigenvalue weighted by Gasteiger charge is 2.31. The maximum atomic E-state index is 11.8. The van der Waals surface area contributed by atoms with Crippen LogP contribution in [0.4, 0.5) is 0 Å². The molecule has 1 heterocycles. The standard InChI is InChI=1S/C11H15NO3S2/c1-8(9-4-2-5-9)11(13)12-17(14,15)10-6-3-7-16-10/h3,6-9H,2,4-5H2,1H3,(H,12,13). The number of sulfonamides is 1. The van der Waals surface area contributed by atoms with Gasteiger partial charge in [0.05, 0.1) is 0 Å². The van der Waals surface area contributed by atoms with Crippen molar-refractivity contribution in [3.05, 3.63) is 17.5 Å². The van der Waals surface area contributed by atoms with Crippen molar-refractivity contribution in [2.24, 2.45) is 11.8 Å². The Morgan fingerprint density at radius 1 is 1.53 bits per heavy atom. The molecule has 1 aliphatic carbocycles. The lowest BCUT2D eigenvalue weighted by Crippen LogP contribution is -2.38. The van der Waals surface area contributed by atoms with Gasteiger partial charge >= 0.3 is 0 Å². The normalized spacial score (nSPS) is 18.4. The van der Waals surface area contributed by atoms with Crippen molar-refractivity contribution in [2.75, 3.05) is 0 Å². The van der Waals surface area contributed by atoms with E-state index in [0.29, 0.717) is 5.92 Å². The quantitative estimate of drug-likeness (QED) is 0.912. The van der Waals surface area contributed by atoms with Gasteiger partial charge in [-0.2, -0.15) is 0 Å². The molecule has 1 aliphatic rings. The third kappa shape index (κ3) is 2.69. The highest BCUT2D eigenvalue weighted by atomic mass is 32.2. The summed E-state index contributed by atoms with van der Waals surface area (Å²) < 4.78 is 26.0. The average molecular weight is 273 g/mol. The lowest BCUT2D eigenvalue weighted by molar-refractivity contribution is -0.125. The SMILES string of the molecule is CC(C(=O)NS(=O)(=O)c1cccs1)C1CCC1. The minimum Gasteiger partial charge on any atom is -0.274 e. The van der Waals surface area contributed by atoms with E-state index < -0.39 is 10.0 Å². The minimum atomic E-state index is -3.66. The van der Waals surface area contributed by atoms with Crippen LogP contribution in [0.15, 0.2) is 21.7 Å². The topological polar surface area (TPSA) is 63.2 Å². The van der Waals surface area contributed by atoms with Crippen molar-refractivity contribution in [2.45, 2.75) is 30.4 Å². The van der Waals surface area contributed by atoms with Gasteiger partial charge in [0.25, 0.3) is 10.0 Å². The van der Waals surface area contributed by atoms with Crippen LogP contribution in [0.25, 0.3) is 0 Å². The monoisotopic (exact) mass is 273 g/mol. The number of hydrogen-bond donors (Lipinski definition) is 1. The van der Waals surface area contributed by atoms with Crippen LogP contribution in [0.2, 0.25) is 0 Å². The fraction of sp³-hybridized carbons (Fsp3) is 0.545. The van der Waals surface area contributed by atoms with E-state index in [9.17, 15) is 13.2 Å². The van der Waals surface area contributed by atoms with Crippen LogP contribution in [0.1, 0.15) is 26.2 Å². The number of carbonyl (C=O) groups excluding carboxylic acids is 1. The maximum absolute atomic E-state index is 11.8. The lowest BCUT2D eigenvalue weighted by Gasteiger charge is -2.30. The summed E-state index contributed by atoms with van der Waals surface area (Å²) in [5.74, 6) is -0.268. The molecule has 1 amide bonds. The molecule has 0 spiro atoms. The summed E-state index contributed by atoms with van der Waals surface area (Å²) in [5.41, 5.74) is 0. The van der Waals surface area contributed by atoms with Crippen molar-refractivity contribution in [1.29, 1.82) is 0 Å². The van der Waals surface area contributed by atoms with Crippen LogP contribution in [-0.2, 0) is 14.8 Å². The molecule has 1 atom stereocenters. The van der Waals surface area contributed by atoms with Crippen LogP contribution >= 0.6 is 11.3 Å². The van der Waals surface area contributed by atoms with Crippen molar-refractivity contribution >= 4 is 27.3 Å². The predicted octanol–water partition coefficient (Wildman–Crippen LogP) is 1.99. The number of hydrogen-bond acceptors (Lipinski definition) is 4. The molecule has 0 aliphatic heterocycles. The molecule has 1 aromatic rings. The average Bonchev–Trinajstić information content (AvgIpc) is 2.66. The first-order chi connectivity index (χ1) is 8.00. The third-order valence-electron chi connectivity index (χ3n) is 3.27. The summed E-state index contributed by atoms with van der Waals surface area (Å²) in [6, 6.07) is 3.15. The molecule has 94 valence electrons. The van der Waals surface area contributed by atoms with Gasteiger partial charge in [0.15, 0.2) is 0 Å². The van der Waals surface area contributed by atoms with Crippen LogP contribution in [0, 0.1) is 11.8 Å². The van der Waals surface area contributed by atoms with Crippen LogP contribution in [0.3, 0.4) is 0 Å². The zero-order chi connectivity index (χ0) is 12.5. The van der Waals surface area contributed by atoms with E-state index in [1.54, 1.807) is 18.4 Å². The number of amides is 1. The van der Waals surface area contributed by atoms with E-state index in [1.165, 1.54) is 6.07 Å². The summed E-state index contributed by atoms with van der Waals surface area (Å²) in [6.07, 6.45) is 3.18. The third-order valence-corrected chi connectivity index (χ3v) is 6.01. The van der Waals surface area contributed by atoms with Gasteiger partial charge in [-0.05, 0) is 30.2 Å². The minimum absolute atomic E-state index is 0.187. The molecule has 1 unspecified atom stereocenters. The summed E-state index contributed by atoms with van der Waals surface area (Å²) in [6.45, 7) is 1.79. The zero-order valence-electron chi connectivity index (χ0n) is 9.55. The number of nitrogens with one attached hydrogen (secondary N) is 1. The molecule has 0 aromatic carbocycles. The second-order valence-corrected chi connectivity index (χ2v) is 7.24. The fourth-order valence-electron chi connectivity index (χ4n) is 1.85. The molecule has 17 heavy (non-hydrogen) atoms. The molecule has 1 aromatic heterocycles. The lowest BCUT2D eigenvalue weighted by atomic mass is 9.76. The maximum Gasteiger partial charge on any atom is 0.273 e. The first-order valence-corrected chi connectivity index (χ1v) is 7.97. The number of thiophene rings is 1. The Bertz CT molecular complexity index is 489. The Labute approximate surface area is 105 Å². The van der Waals surface area contributed by atoms with E-state index in [2.05, 4.69) is 4.72 Å². The highest BCUT2D eigenvalue weighted by molar-refractivity contribution is 7.92. The van der Waals surface area contributed by atoms with Gasteiger partial charge < -0.3 is 0 Å². The molecule has 0 bridgehead atoms. The molecule has 4 nitrogen and oxygen atoms in total. The van der Waals surface area contributed by atoms with Gasteiger partial charge in [-0.3, -0.25) is 4.79 Å².